The second kappa shape index (κ2) is 8.05. The van der Waals surface area contributed by atoms with Crippen molar-refractivity contribution in [1.82, 2.24) is 4.90 Å². The molecule has 0 spiro atoms. The van der Waals surface area contributed by atoms with Crippen LogP contribution in [-0.2, 0) is 9.47 Å². The standard InChI is InChI=1S/C11H23NO3/c1-2-4-12-5-3-11(10-12)15-9-8-14-7-6-13/h11,13H,2-10H2,1H3. The smallest absolute Gasteiger partial charge is 0.0715 e. The van der Waals surface area contributed by atoms with Crippen LogP contribution in [0, 0.1) is 0 Å². The lowest BCUT2D eigenvalue weighted by atomic mass is 10.3. The second-order valence-electron chi connectivity index (χ2n) is 3.92. The monoisotopic (exact) mass is 217 g/mol. The van der Waals surface area contributed by atoms with E-state index in [1.54, 1.807) is 0 Å². The van der Waals surface area contributed by atoms with Crippen LogP contribution in [0.1, 0.15) is 19.8 Å². The van der Waals surface area contributed by atoms with Crippen molar-refractivity contribution in [3.8, 4) is 0 Å². The molecule has 1 heterocycles. The lowest BCUT2D eigenvalue weighted by molar-refractivity contribution is 0.00146. The highest BCUT2D eigenvalue weighted by Crippen LogP contribution is 2.12. The predicted molar refractivity (Wildman–Crippen MR) is 59.0 cm³/mol. The summed E-state index contributed by atoms with van der Waals surface area (Å²) >= 11 is 0. The van der Waals surface area contributed by atoms with Crippen LogP contribution in [0.2, 0.25) is 0 Å². The quantitative estimate of drug-likeness (QED) is 0.601. The molecule has 4 nitrogen and oxygen atoms in total. The van der Waals surface area contributed by atoms with E-state index in [9.17, 15) is 0 Å². The maximum Gasteiger partial charge on any atom is 0.0715 e. The summed E-state index contributed by atoms with van der Waals surface area (Å²) in [5.74, 6) is 0. The van der Waals surface area contributed by atoms with E-state index in [1.165, 1.54) is 13.0 Å². The molecule has 15 heavy (non-hydrogen) atoms. The van der Waals surface area contributed by atoms with Gasteiger partial charge in [-0.3, -0.25) is 0 Å². The molecule has 90 valence electrons. The Morgan fingerprint density at radius 3 is 2.93 bits per heavy atom. The summed E-state index contributed by atoms with van der Waals surface area (Å²) in [6, 6.07) is 0. The zero-order valence-corrected chi connectivity index (χ0v) is 9.65. The molecule has 0 aromatic rings. The molecule has 0 radical (unpaired) electrons. The number of aliphatic hydroxyl groups excluding tert-OH is 1. The number of likely N-dealkylation sites (tertiary alicyclic amines) is 1. The average molecular weight is 217 g/mol. The van der Waals surface area contributed by atoms with Crippen LogP contribution >= 0.6 is 0 Å². The summed E-state index contributed by atoms with van der Waals surface area (Å²) in [7, 11) is 0. The van der Waals surface area contributed by atoms with Crippen molar-refractivity contribution >= 4 is 0 Å². The number of rotatable bonds is 8. The van der Waals surface area contributed by atoms with Gasteiger partial charge in [0.2, 0.25) is 0 Å². The molecule has 1 fully saturated rings. The number of aliphatic hydroxyl groups is 1. The van der Waals surface area contributed by atoms with E-state index in [2.05, 4.69) is 11.8 Å². The summed E-state index contributed by atoms with van der Waals surface area (Å²) in [6.45, 7) is 7.35. The second-order valence-corrected chi connectivity index (χ2v) is 3.92. The van der Waals surface area contributed by atoms with Gasteiger partial charge in [-0.1, -0.05) is 6.92 Å². The van der Waals surface area contributed by atoms with Crippen LogP contribution < -0.4 is 0 Å². The Morgan fingerprint density at radius 2 is 2.20 bits per heavy atom. The van der Waals surface area contributed by atoms with Crippen LogP contribution in [0.3, 0.4) is 0 Å². The van der Waals surface area contributed by atoms with E-state index in [1.807, 2.05) is 0 Å². The normalized spacial score (nSPS) is 22.4. The summed E-state index contributed by atoms with van der Waals surface area (Å²) in [6.07, 6.45) is 2.74. The van der Waals surface area contributed by atoms with Gasteiger partial charge in [0.15, 0.2) is 0 Å². The molecule has 0 aliphatic carbocycles. The SMILES string of the molecule is CCCN1CCC(OCCOCCO)C1. The zero-order valence-electron chi connectivity index (χ0n) is 9.65. The largest absolute Gasteiger partial charge is 0.394 e. The maximum absolute atomic E-state index is 8.50. The third-order valence-corrected chi connectivity index (χ3v) is 2.59. The third kappa shape index (κ3) is 5.47. The first-order valence-electron chi connectivity index (χ1n) is 5.89. The van der Waals surface area contributed by atoms with Crippen LogP contribution in [-0.4, -0.2) is 62.2 Å². The van der Waals surface area contributed by atoms with Gasteiger partial charge in [-0.25, -0.2) is 0 Å². The Hall–Kier alpha value is -0.160. The van der Waals surface area contributed by atoms with Crippen LogP contribution in [0.25, 0.3) is 0 Å². The summed E-state index contributed by atoms with van der Waals surface area (Å²) < 4.78 is 10.8. The van der Waals surface area contributed by atoms with Gasteiger partial charge in [-0.15, -0.1) is 0 Å². The molecule has 0 saturated carbocycles. The molecule has 1 atom stereocenters. The molecule has 1 N–H and O–H groups in total. The van der Waals surface area contributed by atoms with Gasteiger partial charge in [-0.2, -0.15) is 0 Å². The molecular weight excluding hydrogens is 194 g/mol. The fourth-order valence-electron chi connectivity index (χ4n) is 1.89. The summed E-state index contributed by atoms with van der Waals surface area (Å²) in [5.41, 5.74) is 0. The molecule has 1 saturated heterocycles. The predicted octanol–water partition coefficient (Wildman–Crippen LogP) is 0.496. The van der Waals surface area contributed by atoms with Crippen LogP contribution in [0.15, 0.2) is 0 Å². The highest BCUT2D eigenvalue weighted by molar-refractivity contribution is 4.75. The fraction of sp³-hybridized carbons (Fsp3) is 1.00. The lowest BCUT2D eigenvalue weighted by Crippen LogP contribution is -2.24. The van der Waals surface area contributed by atoms with Crippen molar-refractivity contribution in [1.29, 1.82) is 0 Å². The van der Waals surface area contributed by atoms with Crippen molar-refractivity contribution in [2.45, 2.75) is 25.9 Å². The molecule has 1 aliphatic heterocycles. The van der Waals surface area contributed by atoms with Gasteiger partial charge in [0.1, 0.15) is 0 Å². The number of hydrogen-bond acceptors (Lipinski definition) is 4. The van der Waals surface area contributed by atoms with Crippen molar-refractivity contribution in [3.05, 3.63) is 0 Å². The highest BCUT2D eigenvalue weighted by Gasteiger charge is 2.21. The van der Waals surface area contributed by atoms with Crippen molar-refractivity contribution in [2.75, 3.05) is 46.1 Å². The summed E-state index contributed by atoms with van der Waals surface area (Å²) in [5, 5.41) is 8.50. The Bertz CT molecular complexity index is 155. The minimum Gasteiger partial charge on any atom is -0.394 e. The Labute approximate surface area is 92.2 Å². The Kier molecular flexibility index (Phi) is 6.92. The van der Waals surface area contributed by atoms with Gasteiger partial charge in [-0.05, 0) is 19.4 Å². The van der Waals surface area contributed by atoms with Gasteiger partial charge in [0, 0.05) is 13.1 Å². The van der Waals surface area contributed by atoms with E-state index in [-0.39, 0.29) is 6.61 Å². The molecule has 0 aromatic carbocycles. The maximum atomic E-state index is 8.50. The van der Waals surface area contributed by atoms with E-state index < -0.39 is 0 Å². The lowest BCUT2D eigenvalue weighted by Gasteiger charge is -2.15. The minimum atomic E-state index is 0.0910. The van der Waals surface area contributed by atoms with Gasteiger partial charge < -0.3 is 19.5 Å². The third-order valence-electron chi connectivity index (χ3n) is 2.59. The summed E-state index contributed by atoms with van der Waals surface area (Å²) in [4.78, 5) is 2.44. The molecule has 0 amide bonds. The van der Waals surface area contributed by atoms with E-state index in [0.29, 0.717) is 25.9 Å². The molecule has 0 aromatic heterocycles. The topological polar surface area (TPSA) is 41.9 Å². The van der Waals surface area contributed by atoms with E-state index in [4.69, 9.17) is 14.6 Å². The van der Waals surface area contributed by atoms with Gasteiger partial charge in [0.25, 0.3) is 0 Å². The van der Waals surface area contributed by atoms with Gasteiger partial charge >= 0.3 is 0 Å². The first kappa shape index (κ1) is 12.9. The fourth-order valence-corrected chi connectivity index (χ4v) is 1.89. The number of ether oxygens (including phenoxy) is 2. The minimum absolute atomic E-state index is 0.0910. The number of nitrogens with zero attached hydrogens (tertiary/aromatic N) is 1. The Balaban J connectivity index is 1.94. The molecule has 0 bridgehead atoms. The molecule has 1 aliphatic rings. The highest BCUT2D eigenvalue weighted by atomic mass is 16.5. The zero-order chi connectivity index (χ0) is 10.9. The molecule has 4 heteroatoms. The van der Waals surface area contributed by atoms with Crippen molar-refractivity contribution < 1.29 is 14.6 Å². The molecule has 1 rings (SSSR count). The molecule has 1 unspecified atom stereocenters. The molecular formula is C11H23NO3. The van der Waals surface area contributed by atoms with Crippen molar-refractivity contribution in [2.24, 2.45) is 0 Å². The first-order chi connectivity index (χ1) is 7.36. The van der Waals surface area contributed by atoms with Gasteiger partial charge in [0.05, 0.1) is 32.5 Å². The number of hydrogen-bond donors (Lipinski definition) is 1. The first-order valence-corrected chi connectivity index (χ1v) is 5.89. The van der Waals surface area contributed by atoms with Crippen LogP contribution in [0.5, 0.6) is 0 Å². The van der Waals surface area contributed by atoms with E-state index in [0.717, 1.165) is 19.5 Å². The Morgan fingerprint density at radius 1 is 1.33 bits per heavy atom. The average Bonchev–Trinajstić information content (AvgIpc) is 2.66. The van der Waals surface area contributed by atoms with E-state index >= 15 is 0 Å². The van der Waals surface area contributed by atoms with Crippen LogP contribution in [0.4, 0.5) is 0 Å². The van der Waals surface area contributed by atoms with Crippen molar-refractivity contribution in [3.63, 3.8) is 0 Å².